The van der Waals surface area contributed by atoms with E-state index in [4.69, 9.17) is 23.2 Å². The van der Waals surface area contributed by atoms with E-state index in [1.807, 2.05) is 0 Å². The van der Waals surface area contributed by atoms with Gasteiger partial charge in [-0.1, -0.05) is 23.2 Å². The highest BCUT2D eigenvalue weighted by molar-refractivity contribution is 6.36. The van der Waals surface area contributed by atoms with Crippen molar-refractivity contribution < 1.29 is 14.3 Å². The molecule has 0 aliphatic carbocycles. The predicted octanol–water partition coefficient (Wildman–Crippen LogP) is 3.61. The van der Waals surface area contributed by atoms with E-state index in [0.717, 1.165) is 6.42 Å². The number of nitrogens with one attached hydrogen (secondary N) is 1. The molecule has 1 aromatic carbocycles. The third-order valence-electron chi connectivity index (χ3n) is 4.05. The SMILES string of the molecule is CC(NC(=O)N1CCC(C(C)O)C1)c1c(Cl)ccc(F)c1Cl. The van der Waals surface area contributed by atoms with Crippen LogP contribution in [0, 0.1) is 11.7 Å². The zero-order valence-electron chi connectivity index (χ0n) is 12.4. The third kappa shape index (κ3) is 3.65. The second-order valence-electron chi connectivity index (χ2n) is 5.66. The number of aliphatic hydroxyl groups excluding tert-OH is 1. The topological polar surface area (TPSA) is 52.6 Å². The normalized spacial score (nSPS) is 20.8. The molecule has 1 saturated heterocycles. The van der Waals surface area contributed by atoms with Gasteiger partial charge in [-0.25, -0.2) is 9.18 Å². The van der Waals surface area contributed by atoms with E-state index in [2.05, 4.69) is 5.32 Å². The van der Waals surface area contributed by atoms with Crippen LogP contribution in [0.3, 0.4) is 0 Å². The van der Waals surface area contributed by atoms with Crippen molar-refractivity contribution in [1.29, 1.82) is 0 Å². The van der Waals surface area contributed by atoms with Crippen LogP contribution in [0.5, 0.6) is 0 Å². The summed E-state index contributed by atoms with van der Waals surface area (Å²) < 4.78 is 13.6. The van der Waals surface area contributed by atoms with Crippen molar-refractivity contribution >= 4 is 29.2 Å². The van der Waals surface area contributed by atoms with E-state index >= 15 is 0 Å². The molecule has 1 aromatic rings. The number of hydrogen-bond donors (Lipinski definition) is 2. The molecule has 0 saturated carbocycles. The molecule has 2 amide bonds. The summed E-state index contributed by atoms with van der Waals surface area (Å²) in [5.41, 5.74) is 0.364. The summed E-state index contributed by atoms with van der Waals surface area (Å²) >= 11 is 12.0. The fourth-order valence-electron chi connectivity index (χ4n) is 2.65. The quantitative estimate of drug-likeness (QED) is 0.820. The van der Waals surface area contributed by atoms with Gasteiger partial charge in [-0.05, 0) is 32.4 Å². The van der Waals surface area contributed by atoms with Crippen molar-refractivity contribution in [2.75, 3.05) is 13.1 Å². The first-order valence-electron chi connectivity index (χ1n) is 7.18. The van der Waals surface area contributed by atoms with Crippen LogP contribution in [0.2, 0.25) is 10.0 Å². The molecular formula is C15H19Cl2FN2O2. The van der Waals surface area contributed by atoms with E-state index < -0.39 is 18.0 Å². The lowest BCUT2D eigenvalue weighted by atomic mass is 10.0. The van der Waals surface area contributed by atoms with Crippen molar-refractivity contribution in [3.05, 3.63) is 33.6 Å². The Labute approximate surface area is 139 Å². The van der Waals surface area contributed by atoms with Crippen LogP contribution in [0.1, 0.15) is 31.9 Å². The maximum atomic E-state index is 13.6. The zero-order valence-corrected chi connectivity index (χ0v) is 14.0. The van der Waals surface area contributed by atoms with Gasteiger partial charge in [0.15, 0.2) is 0 Å². The Balaban J connectivity index is 2.05. The Morgan fingerprint density at radius 2 is 2.14 bits per heavy atom. The molecule has 3 atom stereocenters. The van der Waals surface area contributed by atoms with Crippen molar-refractivity contribution in [2.24, 2.45) is 5.92 Å². The molecule has 7 heteroatoms. The molecule has 1 aliphatic rings. The van der Waals surface area contributed by atoms with Crippen molar-refractivity contribution in [2.45, 2.75) is 32.4 Å². The van der Waals surface area contributed by atoms with Gasteiger partial charge >= 0.3 is 6.03 Å². The maximum absolute atomic E-state index is 13.6. The Bertz CT molecular complexity index is 569. The number of amides is 2. The Hall–Kier alpha value is -1.04. The lowest BCUT2D eigenvalue weighted by Gasteiger charge is -2.23. The molecule has 2 N–H and O–H groups in total. The monoisotopic (exact) mass is 348 g/mol. The smallest absolute Gasteiger partial charge is 0.317 e. The molecule has 1 aliphatic heterocycles. The highest BCUT2D eigenvalue weighted by atomic mass is 35.5. The van der Waals surface area contributed by atoms with Crippen LogP contribution in [-0.4, -0.2) is 35.2 Å². The summed E-state index contributed by atoms with van der Waals surface area (Å²) in [7, 11) is 0. The number of nitrogens with zero attached hydrogens (tertiary/aromatic N) is 1. The first kappa shape index (κ1) is 17.3. The van der Waals surface area contributed by atoms with Crippen LogP contribution in [0.15, 0.2) is 12.1 Å². The van der Waals surface area contributed by atoms with Gasteiger partial charge in [-0.3, -0.25) is 0 Å². The number of aliphatic hydroxyl groups is 1. The largest absolute Gasteiger partial charge is 0.393 e. The number of likely N-dealkylation sites (tertiary alicyclic amines) is 1. The summed E-state index contributed by atoms with van der Waals surface area (Å²) in [6.45, 7) is 4.51. The van der Waals surface area contributed by atoms with Gasteiger partial charge in [0.1, 0.15) is 5.82 Å². The van der Waals surface area contributed by atoms with Gasteiger partial charge in [0.05, 0.1) is 17.2 Å². The van der Waals surface area contributed by atoms with Crippen LogP contribution >= 0.6 is 23.2 Å². The lowest BCUT2D eigenvalue weighted by Crippen LogP contribution is -2.40. The molecular weight excluding hydrogens is 330 g/mol. The number of hydrogen-bond acceptors (Lipinski definition) is 2. The molecule has 0 aromatic heterocycles. The number of benzene rings is 1. The van der Waals surface area contributed by atoms with Crippen molar-refractivity contribution in [3.63, 3.8) is 0 Å². The molecule has 0 spiro atoms. The summed E-state index contributed by atoms with van der Waals surface area (Å²) in [5, 5.41) is 12.6. The molecule has 0 radical (unpaired) electrons. The van der Waals surface area contributed by atoms with E-state index in [1.165, 1.54) is 12.1 Å². The average molecular weight is 349 g/mol. The second kappa shape index (κ2) is 7.02. The predicted molar refractivity (Wildman–Crippen MR) is 84.7 cm³/mol. The van der Waals surface area contributed by atoms with Gasteiger partial charge in [0.25, 0.3) is 0 Å². The first-order valence-corrected chi connectivity index (χ1v) is 7.93. The Kier molecular flexibility index (Phi) is 5.53. The van der Waals surface area contributed by atoms with E-state index in [9.17, 15) is 14.3 Å². The Morgan fingerprint density at radius 3 is 2.73 bits per heavy atom. The fourth-order valence-corrected chi connectivity index (χ4v) is 3.35. The standard InChI is InChI=1S/C15H19Cl2FN2O2/c1-8(13-11(16)3-4-12(18)14(13)17)19-15(22)20-6-5-10(7-20)9(2)21/h3-4,8-10,21H,5-7H2,1-2H3,(H,19,22). The number of carbonyl (C=O) groups excluding carboxylic acids is 1. The number of rotatable bonds is 3. The summed E-state index contributed by atoms with van der Waals surface area (Å²) in [6, 6.07) is 1.82. The van der Waals surface area contributed by atoms with Crippen molar-refractivity contribution in [1.82, 2.24) is 10.2 Å². The minimum absolute atomic E-state index is 0.0800. The van der Waals surface area contributed by atoms with E-state index in [1.54, 1.807) is 18.7 Å². The van der Waals surface area contributed by atoms with Crippen LogP contribution in [0.25, 0.3) is 0 Å². The molecule has 2 rings (SSSR count). The maximum Gasteiger partial charge on any atom is 0.317 e. The highest BCUT2D eigenvalue weighted by Crippen LogP contribution is 2.32. The minimum Gasteiger partial charge on any atom is -0.393 e. The minimum atomic E-state index is -0.572. The highest BCUT2D eigenvalue weighted by Gasteiger charge is 2.30. The lowest BCUT2D eigenvalue weighted by molar-refractivity contribution is 0.129. The third-order valence-corrected chi connectivity index (χ3v) is 4.76. The van der Waals surface area contributed by atoms with Gasteiger partial charge in [0, 0.05) is 29.6 Å². The first-order chi connectivity index (χ1) is 10.3. The Morgan fingerprint density at radius 1 is 1.45 bits per heavy atom. The molecule has 122 valence electrons. The molecule has 1 heterocycles. The molecule has 1 fully saturated rings. The second-order valence-corrected chi connectivity index (χ2v) is 6.45. The number of urea groups is 1. The fraction of sp³-hybridized carbons (Fsp3) is 0.533. The summed E-state index contributed by atoms with van der Waals surface area (Å²) in [4.78, 5) is 13.9. The van der Waals surface area contributed by atoms with Gasteiger partial charge in [0.2, 0.25) is 0 Å². The number of carbonyl (C=O) groups is 1. The number of halogens is 3. The van der Waals surface area contributed by atoms with E-state index in [-0.39, 0.29) is 17.0 Å². The summed E-state index contributed by atoms with van der Waals surface area (Å²) in [6.07, 6.45) is 0.323. The van der Waals surface area contributed by atoms with Crippen LogP contribution in [-0.2, 0) is 0 Å². The van der Waals surface area contributed by atoms with Gasteiger partial charge in [-0.2, -0.15) is 0 Å². The molecule has 4 nitrogen and oxygen atoms in total. The van der Waals surface area contributed by atoms with Crippen LogP contribution in [0.4, 0.5) is 9.18 Å². The summed E-state index contributed by atoms with van der Waals surface area (Å²) in [5.74, 6) is -0.486. The molecule has 0 bridgehead atoms. The molecule has 3 unspecified atom stereocenters. The van der Waals surface area contributed by atoms with Crippen molar-refractivity contribution in [3.8, 4) is 0 Å². The molecule has 22 heavy (non-hydrogen) atoms. The zero-order chi connectivity index (χ0) is 16.4. The van der Waals surface area contributed by atoms with E-state index in [0.29, 0.717) is 23.7 Å². The van der Waals surface area contributed by atoms with Gasteiger partial charge < -0.3 is 15.3 Å². The van der Waals surface area contributed by atoms with Crippen LogP contribution < -0.4 is 5.32 Å². The van der Waals surface area contributed by atoms with Gasteiger partial charge in [-0.15, -0.1) is 0 Å². The average Bonchev–Trinajstić information content (AvgIpc) is 2.93.